The molecule has 0 unspecified atom stereocenters. The Morgan fingerprint density at radius 2 is 2.10 bits per heavy atom. The summed E-state index contributed by atoms with van der Waals surface area (Å²) in [6, 6.07) is 8.54. The second kappa shape index (κ2) is 4.52. The molecule has 2 aromatic rings. The van der Waals surface area contributed by atoms with E-state index in [2.05, 4.69) is 5.32 Å². The Kier molecular flexibility index (Phi) is 2.82. The molecule has 0 fully saturated rings. The molecule has 0 radical (unpaired) electrons. The molecule has 0 saturated heterocycles. The van der Waals surface area contributed by atoms with E-state index in [1.807, 2.05) is 0 Å². The maximum atomic E-state index is 12.3. The van der Waals surface area contributed by atoms with Crippen molar-refractivity contribution >= 4 is 17.5 Å². The number of hydrogen-bond donors (Lipinski definition) is 1. The SMILES string of the molecule is Cc1ccc(C(=O)c2ccc3c(c2)CN(C)C(=O)N3)o1. The molecule has 1 aliphatic rings. The second-order valence-corrected chi connectivity index (χ2v) is 4.90. The number of furan rings is 1. The van der Waals surface area contributed by atoms with Crippen LogP contribution in [0.5, 0.6) is 0 Å². The number of urea groups is 1. The van der Waals surface area contributed by atoms with E-state index in [4.69, 9.17) is 4.42 Å². The third-order valence-corrected chi connectivity index (χ3v) is 3.33. The van der Waals surface area contributed by atoms with Gasteiger partial charge in [0.2, 0.25) is 5.78 Å². The number of rotatable bonds is 2. The quantitative estimate of drug-likeness (QED) is 0.853. The Morgan fingerprint density at radius 3 is 2.80 bits per heavy atom. The molecule has 0 bridgehead atoms. The van der Waals surface area contributed by atoms with E-state index >= 15 is 0 Å². The third-order valence-electron chi connectivity index (χ3n) is 3.33. The fraction of sp³-hybridized carbons (Fsp3) is 0.200. The second-order valence-electron chi connectivity index (χ2n) is 4.90. The average molecular weight is 270 g/mol. The molecule has 0 atom stereocenters. The van der Waals surface area contributed by atoms with Crippen LogP contribution in [0.25, 0.3) is 0 Å². The van der Waals surface area contributed by atoms with Gasteiger partial charge in [0.1, 0.15) is 5.76 Å². The molecule has 2 amide bonds. The highest BCUT2D eigenvalue weighted by Crippen LogP contribution is 2.25. The summed E-state index contributed by atoms with van der Waals surface area (Å²) in [5.41, 5.74) is 2.23. The number of carbonyl (C=O) groups excluding carboxylic acids is 2. The number of aryl methyl sites for hydroxylation is 1. The highest BCUT2D eigenvalue weighted by atomic mass is 16.3. The first kappa shape index (κ1) is 12.5. The highest BCUT2D eigenvalue weighted by Gasteiger charge is 2.21. The highest BCUT2D eigenvalue weighted by molar-refractivity contribution is 6.07. The summed E-state index contributed by atoms with van der Waals surface area (Å²) in [6.45, 7) is 2.29. The third kappa shape index (κ3) is 2.07. The molecule has 0 spiro atoms. The van der Waals surface area contributed by atoms with Gasteiger partial charge in [0.15, 0.2) is 5.76 Å². The molecule has 20 heavy (non-hydrogen) atoms. The number of hydrogen-bond acceptors (Lipinski definition) is 3. The number of fused-ring (bicyclic) bond motifs is 1. The van der Waals surface area contributed by atoms with E-state index in [-0.39, 0.29) is 11.8 Å². The standard InChI is InChI=1S/C15H14N2O3/c1-9-3-6-13(20-9)14(18)10-4-5-12-11(7-10)8-17(2)15(19)16-12/h3-7H,8H2,1-2H3,(H,16,19). The zero-order valence-electron chi connectivity index (χ0n) is 11.3. The maximum absolute atomic E-state index is 12.3. The maximum Gasteiger partial charge on any atom is 0.321 e. The van der Waals surface area contributed by atoms with Crippen LogP contribution in [0.15, 0.2) is 34.7 Å². The van der Waals surface area contributed by atoms with Crippen LogP contribution >= 0.6 is 0 Å². The van der Waals surface area contributed by atoms with E-state index in [9.17, 15) is 9.59 Å². The van der Waals surface area contributed by atoms with Crippen molar-refractivity contribution < 1.29 is 14.0 Å². The molecule has 1 N–H and O–H groups in total. The fourth-order valence-corrected chi connectivity index (χ4v) is 2.22. The molecule has 102 valence electrons. The van der Waals surface area contributed by atoms with Crippen LogP contribution in [-0.2, 0) is 6.54 Å². The van der Waals surface area contributed by atoms with Crippen LogP contribution in [0.2, 0.25) is 0 Å². The lowest BCUT2D eigenvalue weighted by Gasteiger charge is -2.26. The van der Waals surface area contributed by atoms with Crippen molar-refractivity contribution in [2.75, 3.05) is 12.4 Å². The van der Waals surface area contributed by atoms with Gasteiger partial charge in [-0.1, -0.05) is 0 Å². The number of ketones is 1. The summed E-state index contributed by atoms with van der Waals surface area (Å²) < 4.78 is 5.35. The molecule has 3 rings (SSSR count). The molecule has 1 aliphatic heterocycles. The van der Waals surface area contributed by atoms with Crippen LogP contribution in [0, 0.1) is 6.92 Å². The van der Waals surface area contributed by atoms with E-state index in [1.165, 1.54) is 0 Å². The van der Waals surface area contributed by atoms with Crippen molar-refractivity contribution in [3.63, 3.8) is 0 Å². The lowest BCUT2D eigenvalue weighted by molar-refractivity contribution is 0.101. The van der Waals surface area contributed by atoms with Crippen molar-refractivity contribution in [2.24, 2.45) is 0 Å². The van der Waals surface area contributed by atoms with Gasteiger partial charge in [-0.2, -0.15) is 0 Å². The summed E-state index contributed by atoms with van der Waals surface area (Å²) in [6.07, 6.45) is 0. The van der Waals surface area contributed by atoms with Gasteiger partial charge in [-0.15, -0.1) is 0 Å². The lowest BCUT2D eigenvalue weighted by atomic mass is 10.0. The molecule has 0 saturated carbocycles. The van der Waals surface area contributed by atoms with Crippen molar-refractivity contribution in [1.82, 2.24) is 4.90 Å². The first-order valence-corrected chi connectivity index (χ1v) is 6.31. The first-order chi connectivity index (χ1) is 9.54. The van der Waals surface area contributed by atoms with Gasteiger partial charge in [-0.3, -0.25) is 4.79 Å². The van der Waals surface area contributed by atoms with Crippen molar-refractivity contribution in [1.29, 1.82) is 0 Å². The van der Waals surface area contributed by atoms with Crippen LogP contribution < -0.4 is 5.32 Å². The summed E-state index contributed by atoms with van der Waals surface area (Å²) in [5.74, 6) is 0.884. The fourth-order valence-electron chi connectivity index (χ4n) is 2.22. The zero-order chi connectivity index (χ0) is 14.3. The van der Waals surface area contributed by atoms with Gasteiger partial charge < -0.3 is 14.6 Å². The minimum Gasteiger partial charge on any atom is -0.458 e. The van der Waals surface area contributed by atoms with Crippen LogP contribution in [0.3, 0.4) is 0 Å². The van der Waals surface area contributed by atoms with Crippen molar-refractivity contribution in [3.8, 4) is 0 Å². The zero-order valence-corrected chi connectivity index (χ0v) is 11.3. The number of nitrogens with zero attached hydrogens (tertiary/aromatic N) is 1. The summed E-state index contributed by atoms with van der Waals surface area (Å²) in [7, 11) is 1.71. The molecule has 2 heterocycles. The summed E-state index contributed by atoms with van der Waals surface area (Å²) >= 11 is 0. The molecular weight excluding hydrogens is 256 g/mol. The van der Waals surface area contributed by atoms with Crippen molar-refractivity contribution in [2.45, 2.75) is 13.5 Å². The minimum atomic E-state index is -0.152. The van der Waals surface area contributed by atoms with E-state index in [0.717, 1.165) is 11.3 Å². The minimum absolute atomic E-state index is 0.141. The number of carbonyl (C=O) groups is 2. The number of anilines is 1. The smallest absolute Gasteiger partial charge is 0.321 e. The monoisotopic (exact) mass is 270 g/mol. The molecule has 1 aromatic heterocycles. The Bertz CT molecular complexity index is 703. The number of benzene rings is 1. The Hall–Kier alpha value is -2.56. The molecular formula is C15H14N2O3. The van der Waals surface area contributed by atoms with Crippen LogP contribution in [0.1, 0.15) is 27.4 Å². The number of nitrogens with one attached hydrogen (secondary N) is 1. The topological polar surface area (TPSA) is 62.6 Å². The van der Waals surface area contributed by atoms with E-state index in [1.54, 1.807) is 49.2 Å². The number of amides is 2. The first-order valence-electron chi connectivity index (χ1n) is 6.31. The van der Waals surface area contributed by atoms with Crippen LogP contribution in [0.4, 0.5) is 10.5 Å². The van der Waals surface area contributed by atoms with Gasteiger partial charge in [0, 0.05) is 24.8 Å². The predicted octanol–water partition coefficient (Wildman–Crippen LogP) is 2.80. The van der Waals surface area contributed by atoms with Gasteiger partial charge in [0.05, 0.1) is 0 Å². The largest absolute Gasteiger partial charge is 0.458 e. The Morgan fingerprint density at radius 1 is 1.30 bits per heavy atom. The van der Waals surface area contributed by atoms with E-state index in [0.29, 0.717) is 23.6 Å². The van der Waals surface area contributed by atoms with Crippen molar-refractivity contribution in [3.05, 3.63) is 53.0 Å². The molecule has 5 heteroatoms. The Labute approximate surface area is 116 Å². The normalized spacial score (nSPS) is 13.9. The average Bonchev–Trinajstić information content (AvgIpc) is 2.85. The van der Waals surface area contributed by atoms with Gasteiger partial charge in [-0.25, -0.2) is 4.79 Å². The van der Waals surface area contributed by atoms with E-state index < -0.39 is 0 Å². The lowest BCUT2D eigenvalue weighted by Crippen LogP contribution is -2.35. The Balaban J connectivity index is 1.95. The molecule has 5 nitrogen and oxygen atoms in total. The molecule has 1 aromatic carbocycles. The molecule has 0 aliphatic carbocycles. The summed E-state index contributed by atoms with van der Waals surface area (Å²) in [5, 5.41) is 2.77. The van der Waals surface area contributed by atoms with Crippen LogP contribution in [-0.4, -0.2) is 23.8 Å². The predicted molar refractivity (Wildman–Crippen MR) is 73.8 cm³/mol. The van der Waals surface area contributed by atoms with Gasteiger partial charge in [0.25, 0.3) is 0 Å². The summed E-state index contributed by atoms with van der Waals surface area (Å²) in [4.78, 5) is 25.4. The van der Waals surface area contributed by atoms with Gasteiger partial charge >= 0.3 is 6.03 Å². The van der Waals surface area contributed by atoms with Gasteiger partial charge in [-0.05, 0) is 42.8 Å².